The Morgan fingerprint density at radius 1 is 1.33 bits per heavy atom. The van der Waals surface area contributed by atoms with Crippen molar-refractivity contribution in [2.45, 2.75) is 5.75 Å². The number of thiocarbonyl (C=S) groups is 1. The van der Waals surface area contributed by atoms with Crippen molar-refractivity contribution in [3.63, 3.8) is 0 Å². The molecule has 15 heavy (non-hydrogen) atoms. The number of hydrogen-bond donors (Lipinski definition) is 1. The lowest BCUT2D eigenvalue weighted by Crippen LogP contribution is -1.92. The van der Waals surface area contributed by atoms with E-state index >= 15 is 0 Å². The van der Waals surface area contributed by atoms with Crippen LogP contribution in [0.1, 0.15) is 5.56 Å². The molecule has 0 fully saturated rings. The van der Waals surface area contributed by atoms with Crippen molar-refractivity contribution in [3.8, 4) is 11.5 Å². The highest BCUT2D eigenvalue weighted by Gasteiger charge is 2.04. The van der Waals surface area contributed by atoms with Gasteiger partial charge in [-0.15, -0.1) is 24.4 Å². The largest absolute Gasteiger partial charge is 0.493 e. The van der Waals surface area contributed by atoms with Crippen LogP contribution in [-0.2, 0) is 5.75 Å². The molecular weight excluding hydrogens is 248 g/mol. The topological polar surface area (TPSA) is 18.5 Å². The molecule has 0 bridgehead atoms. The molecule has 5 heteroatoms. The summed E-state index contributed by atoms with van der Waals surface area (Å²) in [6.07, 6.45) is 0. The van der Waals surface area contributed by atoms with Crippen LogP contribution in [0.15, 0.2) is 18.2 Å². The smallest absolute Gasteiger partial charge is 0.161 e. The van der Waals surface area contributed by atoms with Gasteiger partial charge in [-0.05, 0) is 17.7 Å². The first kappa shape index (κ1) is 12.7. The second-order valence-electron chi connectivity index (χ2n) is 2.74. The summed E-state index contributed by atoms with van der Waals surface area (Å²) in [6, 6.07) is 5.81. The van der Waals surface area contributed by atoms with Gasteiger partial charge in [-0.1, -0.05) is 18.3 Å². The molecule has 0 aromatic heterocycles. The molecule has 0 aliphatic rings. The Hall–Kier alpha value is -0.390. The predicted molar refractivity (Wildman–Crippen MR) is 72.4 cm³/mol. The average Bonchev–Trinajstić information content (AvgIpc) is 2.25. The number of rotatable bonds is 4. The molecule has 0 saturated heterocycles. The SMILES string of the molecule is COc1ccc(CSC(=S)S)cc1OC. The van der Waals surface area contributed by atoms with Crippen LogP contribution in [0.25, 0.3) is 0 Å². The molecule has 0 amide bonds. The molecule has 0 radical (unpaired) electrons. The maximum absolute atomic E-state index is 5.20. The second kappa shape index (κ2) is 6.25. The van der Waals surface area contributed by atoms with Crippen molar-refractivity contribution in [1.29, 1.82) is 0 Å². The molecule has 1 aromatic carbocycles. The Morgan fingerprint density at radius 3 is 2.53 bits per heavy atom. The van der Waals surface area contributed by atoms with E-state index in [0.717, 1.165) is 22.8 Å². The zero-order valence-electron chi connectivity index (χ0n) is 8.52. The van der Waals surface area contributed by atoms with E-state index in [-0.39, 0.29) is 0 Å². The van der Waals surface area contributed by atoms with Gasteiger partial charge in [0.2, 0.25) is 0 Å². The van der Waals surface area contributed by atoms with Gasteiger partial charge in [0.05, 0.1) is 14.2 Å². The first-order chi connectivity index (χ1) is 7.17. The summed E-state index contributed by atoms with van der Waals surface area (Å²) < 4.78 is 11.0. The summed E-state index contributed by atoms with van der Waals surface area (Å²) >= 11 is 10.4. The summed E-state index contributed by atoms with van der Waals surface area (Å²) in [5, 5.41) is 0. The third-order valence-corrected chi connectivity index (χ3v) is 3.28. The summed E-state index contributed by atoms with van der Waals surface area (Å²) in [4.78, 5) is 0. The summed E-state index contributed by atoms with van der Waals surface area (Å²) in [5.41, 5.74) is 1.13. The van der Waals surface area contributed by atoms with Gasteiger partial charge >= 0.3 is 0 Å². The minimum Gasteiger partial charge on any atom is -0.493 e. The molecule has 82 valence electrons. The Kier molecular flexibility index (Phi) is 5.28. The Balaban J connectivity index is 2.78. The van der Waals surface area contributed by atoms with Crippen molar-refractivity contribution < 1.29 is 9.47 Å². The molecule has 1 aromatic rings. The number of methoxy groups -OCH3 is 2. The van der Waals surface area contributed by atoms with Gasteiger partial charge in [0, 0.05) is 5.75 Å². The van der Waals surface area contributed by atoms with Crippen molar-refractivity contribution >= 4 is 40.1 Å². The van der Waals surface area contributed by atoms with Gasteiger partial charge < -0.3 is 9.47 Å². The summed E-state index contributed by atoms with van der Waals surface area (Å²) in [7, 11) is 3.24. The minimum absolute atomic E-state index is 0.643. The standard InChI is InChI=1S/C10H12O2S3/c1-11-8-4-3-7(5-9(8)12-2)6-15-10(13)14/h3-5H,6H2,1-2H3,(H,13,14). The first-order valence-electron chi connectivity index (χ1n) is 4.24. The van der Waals surface area contributed by atoms with Crippen molar-refractivity contribution in [2.24, 2.45) is 0 Å². The number of benzene rings is 1. The number of ether oxygens (including phenoxy) is 2. The quantitative estimate of drug-likeness (QED) is 0.662. The zero-order valence-corrected chi connectivity index (χ0v) is 11.0. The molecule has 0 aliphatic carbocycles. The molecule has 0 spiro atoms. The fourth-order valence-electron chi connectivity index (χ4n) is 1.12. The van der Waals surface area contributed by atoms with Crippen LogP contribution in [0.5, 0.6) is 11.5 Å². The predicted octanol–water partition coefficient (Wildman–Crippen LogP) is 3.15. The minimum atomic E-state index is 0.643. The summed E-state index contributed by atoms with van der Waals surface area (Å²) in [6.45, 7) is 0. The van der Waals surface area contributed by atoms with Crippen molar-refractivity contribution in [2.75, 3.05) is 14.2 Å². The van der Waals surface area contributed by atoms with Gasteiger partial charge in [-0.25, -0.2) is 0 Å². The van der Waals surface area contributed by atoms with E-state index in [1.54, 1.807) is 14.2 Å². The molecule has 0 saturated carbocycles. The first-order valence-corrected chi connectivity index (χ1v) is 6.08. The van der Waals surface area contributed by atoms with E-state index in [1.165, 1.54) is 11.8 Å². The van der Waals surface area contributed by atoms with Crippen LogP contribution < -0.4 is 9.47 Å². The van der Waals surface area contributed by atoms with Gasteiger partial charge in [0.25, 0.3) is 0 Å². The Labute approximate surface area is 105 Å². The van der Waals surface area contributed by atoms with E-state index < -0.39 is 0 Å². The highest BCUT2D eigenvalue weighted by molar-refractivity contribution is 8.41. The van der Waals surface area contributed by atoms with E-state index in [9.17, 15) is 0 Å². The molecule has 0 N–H and O–H groups in total. The number of thioether (sulfide) groups is 1. The molecule has 0 atom stereocenters. The average molecular weight is 260 g/mol. The van der Waals surface area contributed by atoms with E-state index in [1.807, 2.05) is 18.2 Å². The molecule has 2 nitrogen and oxygen atoms in total. The lowest BCUT2D eigenvalue weighted by Gasteiger charge is -2.08. The van der Waals surface area contributed by atoms with Crippen LogP contribution in [0, 0.1) is 0 Å². The highest BCUT2D eigenvalue weighted by atomic mass is 32.2. The maximum Gasteiger partial charge on any atom is 0.161 e. The van der Waals surface area contributed by atoms with E-state index in [4.69, 9.17) is 21.7 Å². The van der Waals surface area contributed by atoms with Crippen LogP contribution >= 0.6 is 36.6 Å². The fraction of sp³-hybridized carbons (Fsp3) is 0.300. The van der Waals surface area contributed by atoms with Crippen LogP contribution in [0.4, 0.5) is 0 Å². The number of thiol groups is 1. The third kappa shape index (κ3) is 3.93. The lowest BCUT2D eigenvalue weighted by molar-refractivity contribution is 0.354. The fourth-order valence-corrected chi connectivity index (χ4v) is 1.96. The number of hydrogen-bond acceptors (Lipinski definition) is 4. The molecule has 1 rings (SSSR count). The monoisotopic (exact) mass is 260 g/mol. The third-order valence-electron chi connectivity index (χ3n) is 1.81. The van der Waals surface area contributed by atoms with Crippen molar-refractivity contribution in [3.05, 3.63) is 23.8 Å². The summed E-state index contributed by atoms with van der Waals surface area (Å²) in [5.74, 6) is 2.27. The zero-order chi connectivity index (χ0) is 11.3. The van der Waals surface area contributed by atoms with Crippen LogP contribution in [-0.4, -0.2) is 17.7 Å². The van der Waals surface area contributed by atoms with E-state index in [0.29, 0.717) is 3.53 Å². The van der Waals surface area contributed by atoms with Gasteiger partial charge in [-0.2, -0.15) is 0 Å². The molecular formula is C10H12O2S3. The van der Waals surface area contributed by atoms with Crippen molar-refractivity contribution in [1.82, 2.24) is 0 Å². The van der Waals surface area contributed by atoms with Crippen LogP contribution in [0.3, 0.4) is 0 Å². The molecule has 0 aliphatic heterocycles. The second-order valence-corrected chi connectivity index (χ2v) is 5.45. The van der Waals surface area contributed by atoms with Crippen LogP contribution in [0.2, 0.25) is 0 Å². The normalized spacial score (nSPS) is 9.80. The lowest BCUT2D eigenvalue weighted by atomic mass is 10.2. The highest BCUT2D eigenvalue weighted by Crippen LogP contribution is 2.29. The van der Waals surface area contributed by atoms with Gasteiger partial charge in [0.15, 0.2) is 11.5 Å². The Bertz CT molecular complexity index is 353. The van der Waals surface area contributed by atoms with Gasteiger partial charge in [0.1, 0.15) is 3.53 Å². The Morgan fingerprint density at radius 2 is 2.00 bits per heavy atom. The maximum atomic E-state index is 5.20. The molecule has 0 unspecified atom stereocenters. The van der Waals surface area contributed by atoms with Gasteiger partial charge in [-0.3, -0.25) is 0 Å². The molecule has 0 heterocycles. The van der Waals surface area contributed by atoms with E-state index in [2.05, 4.69) is 12.6 Å².